The highest BCUT2D eigenvalue weighted by atomic mass is 16.2. The van der Waals surface area contributed by atoms with Crippen molar-refractivity contribution < 1.29 is 14.4 Å². The molecule has 1 aromatic rings. The second kappa shape index (κ2) is 10.7. The van der Waals surface area contributed by atoms with E-state index < -0.39 is 5.92 Å². The average Bonchev–Trinajstić information content (AvgIpc) is 2.58. The second-order valence-electron chi connectivity index (χ2n) is 4.82. The van der Waals surface area contributed by atoms with Crippen LogP contribution in [0.5, 0.6) is 0 Å². The smallest absolute Gasteiger partial charge is 0.234 e. The van der Waals surface area contributed by atoms with E-state index in [1.807, 2.05) is 52.8 Å². The third-order valence-corrected chi connectivity index (χ3v) is 3.53. The van der Waals surface area contributed by atoms with Gasteiger partial charge in [-0.15, -0.1) is 0 Å². The zero-order valence-corrected chi connectivity index (χ0v) is 15.2. The molecule has 23 heavy (non-hydrogen) atoms. The first kappa shape index (κ1) is 21.0. The molecule has 4 heteroatoms. The summed E-state index contributed by atoms with van der Waals surface area (Å²) in [6.45, 7) is 11.4. The lowest BCUT2D eigenvalue weighted by molar-refractivity contribution is -0.136. The van der Waals surface area contributed by atoms with Crippen LogP contribution < -0.4 is 4.90 Å². The van der Waals surface area contributed by atoms with E-state index in [1.165, 1.54) is 11.8 Å². The number of imide groups is 1. The number of carbonyl (C=O) groups is 3. The normalized spacial score (nSPS) is 14.4. The molecule has 0 spiro atoms. The topological polar surface area (TPSA) is 54.5 Å². The lowest BCUT2D eigenvalue weighted by Crippen LogP contribution is -2.45. The lowest BCUT2D eigenvalue weighted by atomic mass is 9.91. The monoisotopic (exact) mass is 319 g/mol. The minimum Gasteiger partial charge on any atom is -0.300 e. The average molecular weight is 319 g/mol. The molecule has 2 rings (SSSR count). The largest absolute Gasteiger partial charge is 0.300 e. The highest BCUT2D eigenvalue weighted by Gasteiger charge is 2.36. The van der Waals surface area contributed by atoms with Crippen molar-refractivity contribution in [1.29, 1.82) is 0 Å². The summed E-state index contributed by atoms with van der Waals surface area (Å²) in [7, 11) is 0. The number of hydrogen-bond acceptors (Lipinski definition) is 3. The Morgan fingerprint density at radius 2 is 1.52 bits per heavy atom. The van der Waals surface area contributed by atoms with Crippen LogP contribution in [0.4, 0.5) is 5.69 Å². The SMILES string of the molecule is CC.CC.CCc1ccccc1N1C(=O)CC(C(C)=O)CC1=O. The Hall–Kier alpha value is -1.97. The van der Waals surface area contributed by atoms with E-state index >= 15 is 0 Å². The first-order valence-corrected chi connectivity index (χ1v) is 8.48. The molecule has 2 amide bonds. The molecule has 1 saturated heterocycles. The Morgan fingerprint density at radius 3 is 1.96 bits per heavy atom. The Morgan fingerprint density at radius 1 is 1.04 bits per heavy atom. The fourth-order valence-electron chi connectivity index (χ4n) is 2.40. The minimum absolute atomic E-state index is 0.0925. The van der Waals surface area contributed by atoms with E-state index in [0.717, 1.165) is 12.0 Å². The number of nitrogens with zero attached hydrogens (tertiary/aromatic N) is 1. The van der Waals surface area contributed by atoms with Gasteiger partial charge in [0, 0.05) is 18.8 Å². The second-order valence-corrected chi connectivity index (χ2v) is 4.82. The molecular weight excluding hydrogens is 290 g/mol. The summed E-state index contributed by atoms with van der Waals surface area (Å²) < 4.78 is 0. The highest BCUT2D eigenvalue weighted by Crippen LogP contribution is 2.28. The summed E-state index contributed by atoms with van der Waals surface area (Å²) in [5.41, 5.74) is 1.62. The van der Waals surface area contributed by atoms with Gasteiger partial charge in [0.1, 0.15) is 5.78 Å². The maximum Gasteiger partial charge on any atom is 0.234 e. The summed E-state index contributed by atoms with van der Waals surface area (Å²) in [6, 6.07) is 7.39. The van der Waals surface area contributed by atoms with E-state index in [-0.39, 0.29) is 30.4 Å². The molecule has 1 aliphatic rings. The van der Waals surface area contributed by atoms with Crippen molar-refractivity contribution in [3.05, 3.63) is 29.8 Å². The Kier molecular flexibility index (Phi) is 9.79. The molecule has 1 heterocycles. The third-order valence-electron chi connectivity index (χ3n) is 3.53. The number of anilines is 1. The van der Waals surface area contributed by atoms with Crippen molar-refractivity contribution in [3.8, 4) is 0 Å². The predicted molar refractivity (Wildman–Crippen MR) is 94.4 cm³/mol. The van der Waals surface area contributed by atoms with Crippen molar-refractivity contribution in [2.75, 3.05) is 4.90 Å². The van der Waals surface area contributed by atoms with E-state index in [0.29, 0.717) is 5.69 Å². The fraction of sp³-hybridized carbons (Fsp3) is 0.526. The van der Waals surface area contributed by atoms with Gasteiger partial charge in [-0.2, -0.15) is 0 Å². The molecule has 1 fully saturated rings. The number of Topliss-reactive ketones (excluding diaryl/α,β-unsaturated/α-hetero) is 1. The van der Waals surface area contributed by atoms with Crippen LogP contribution in [0.15, 0.2) is 24.3 Å². The van der Waals surface area contributed by atoms with Gasteiger partial charge >= 0.3 is 0 Å². The quantitative estimate of drug-likeness (QED) is 0.786. The van der Waals surface area contributed by atoms with Crippen molar-refractivity contribution in [1.82, 2.24) is 0 Å². The molecule has 0 atom stereocenters. The van der Waals surface area contributed by atoms with E-state index in [9.17, 15) is 14.4 Å². The molecule has 1 aromatic carbocycles. The molecule has 0 aromatic heterocycles. The summed E-state index contributed by atoms with van der Waals surface area (Å²) in [4.78, 5) is 36.8. The number of amides is 2. The summed E-state index contributed by atoms with van der Waals surface area (Å²) in [6.07, 6.45) is 1.00. The van der Waals surface area contributed by atoms with Crippen LogP contribution in [-0.2, 0) is 20.8 Å². The van der Waals surface area contributed by atoms with Crippen molar-refractivity contribution in [2.45, 2.75) is 60.8 Å². The first-order valence-electron chi connectivity index (χ1n) is 8.48. The van der Waals surface area contributed by atoms with Crippen LogP contribution in [0.3, 0.4) is 0 Å². The van der Waals surface area contributed by atoms with Gasteiger partial charge in [0.05, 0.1) is 5.69 Å². The van der Waals surface area contributed by atoms with Gasteiger partial charge in [-0.25, -0.2) is 0 Å². The molecule has 0 bridgehead atoms. The third kappa shape index (κ3) is 5.31. The molecule has 0 unspecified atom stereocenters. The van der Waals surface area contributed by atoms with Gasteiger partial charge in [-0.05, 0) is 25.0 Å². The molecule has 0 radical (unpaired) electrons. The molecule has 1 aliphatic heterocycles. The van der Waals surface area contributed by atoms with Crippen molar-refractivity contribution >= 4 is 23.3 Å². The fourth-order valence-corrected chi connectivity index (χ4v) is 2.40. The summed E-state index contributed by atoms with van der Waals surface area (Å²) in [5.74, 6) is -1.11. The van der Waals surface area contributed by atoms with Crippen LogP contribution in [0.25, 0.3) is 0 Å². The van der Waals surface area contributed by atoms with Crippen LogP contribution in [0.2, 0.25) is 0 Å². The van der Waals surface area contributed by atoms with Crippen LogP contribution in [0.1, 0.15) is 59.9 Å². The van der Waals surface area contributed by atoms with E-state index in [1.54, 1.807) is 6.07 Å². The molecule has 4 nitrogen and oxygen atoms in total. The number of piperidine rings is 1. The number of benzene rings is 1. The number of rotatable bonds is 3. The molecule has 0 N–H and O–H groups in total. The first-order chi connectivity index (χ1) is 11.0. The van der Waals surface area contributed by atoms with Crippen molar-refractivity contribution in [2.24, 2.45) is 5.92 Å². The van der Waals surface area contributed by atoms with E-state index in [2.05, 4.69) is 0 Å². The number of para-hydroxylation sites is 1. The Balaban J connectivity index is 0.00000112. The number of ketones is 1. The van der Waals surface area contributed by atoms with Gasteiger partial charge in [0.25, 0.3) is 0 Å². The maximum absolute atomic E-state index is 12.1. The zero-order chi connectivity index (χ0) is 18.0. The van der Waals surface area contributed by atoms with Crippen LogP contribution in [0, 0.1) is 5.92 Å². The standard InChI is InChI=1S/C15H17NO3.2C2H6/c1-3-11-6-4-5-7-13(11)16-14(18)8-12(10(2)17)9-15(16)19;2*1-2/h4-7,12H,3,8-9H2,1-2H3;2*1-2H3. The molecule has 0 aliphatic carbocycles. The lowest BCUT2D eigenvalue weighted by Gasteiger charge is -2.30. The van der Waals surface area contributed by atoms with Crippen LogP contribution >= 0.6 is 0 Å². The Labute approximate surface area is 139 Å². The number of aryl methyl sites for hydroxylation is 1. The van der Waals surface area contributed by atoms with Gasteiger partial charge in [-0.3, -0.25) is 19.3 Å². The number of hydrogen-bond donors (Lipinski definition) is 0. The zero-order valence-electron chi connectivity index (χ0n) is 15.2. The van der Waals surface area contributed by atoms with Gasteiger partial charge in [0.15, 0.2) is 0 Å². The minimum atomic E-state index is -0.454. The summed E-state index contributed by atoms with van der Waals surface area (Å²) in [5, 5.41) is 0. The Bertz CT molecular complexity index is 519. The molecule has 128 valence electrons. The van der Waals surface area contributed by atoms with Crippen molar-refractivity contribution in [3.63, 3.8) is 0 Å². The maximum atomic E-state index is 12.1. The van der Waals surface area contributed by atoms with Gasteiger partial charge in [-0.1, -0.05) is 52.8 Å². The predicted octanol–water partition coefficient (Wildman–Crippen LogP) is 4.16. The van der Waals surface area contributed by atoms with Crippen LogP contribution in [-0.4, -0.2) is 17.6 Å². The van der Waals surface area contributed by atoms with E-state index in [4.69, 9.17) is 0 Å². The number of carbonyl (C=O) groups excluding carboxylic acids is 3. The molecular formula is C19H29NO3. The summed E-state index contributed by atoms with van der Waals surface area (Å²) >= 11 is 0. The highest BCUT2D eigenvalue weighted by molar-refractivity contribution is 6.18. The van der Waals surface area contributed by atoms with Gasteiger partial charge < -0.3 is 0 Å². The molecule has 0 saturated carbocycles. The van der Waals surface area contributed by atoms with Gasteiger partial charge in [0.2, 0.25) is 11.8 Å².